The van der Waals surface area contributed by atoms with Crippen molar-refractivity contribution in [2.45, 2.75) is 13.1 Å². The Labute approximate surface area is 105 Å². The number of hydrogen-bond donors (Lipinski definition) is 2. The van der Waals surface area contributed by atoms with Crippen LogP contribution in [0.25, 0.3) is 0 Å². The SMILES string of the molecule is COc1ccc(CNCc2ncn[nH]2)cc1OC. The number of rotatable bonds is 6. The molecular formula is C12H16N4O2. The van der Waals surface area contributed by atoms with Gasteiger partial charge in [0.2, 0.25) is 0 Å². The van der Waals surface area contributed by atoms with E-state index in [1.54, 1.807) is 14.2 Å². The fourth-order valence-corrected chi connectivity index (χ4v) is 1.63. The number of nitrogens with one attached hydrogen (secondary N) is 2. The second kappa shape index (κ2) is 6.02. The molecule has 18 heavy (non-hydrogen) atoms. The smallest absolute Gasteiger partial charge is 0.161 e. The molecule has 2 rings (SSSR count). The number of benzene rings is 1. The fraction of sp³-hybridized carbons (Fsp3) is 0.333. The summed E-state index contributed by atoms with van der Waals surface area (Å²) < 4.78 is 10.4. The van der Waals surface area contributed by atoms with E-state index in [2.05, 4.69) is 20.5 Å². The molecule has 0 fully saturated rings. The molecule has 0 spiro atoms. The van der Waals surface area contributed by atoms with Crippen molar-refractivity contribution in [3.05, 3.63) is 35.9 Å². The molecule has 1 aromatic heterocycles. The molecule has 6 nitrogen and oxygen atoms in total. The second-order valence-electron chi connectivity index (χ2n) is 3.73. The summed E-state index contributed by atoms with van der Waals surface area (Å²) in [5.41, 5.74) is 1.12. The lowest BCUT2D eigenvalue weighted by atomic mass is 10.2. The molecule has 96 valence electrons. The van der Waals surface area contributed by atoms with Gasteiger partial charge < -0.3 is 14.8 Å². The van der Waals surface area contributed by atoms with Crippen LogP contribution in [0.15, 0.2) is 24.5 Å². The zero-order chi connectivity index (χ0) is 12.8. The number of hydrogen-bond acceptors (Lipinski definition) is 5. The maximum atomic E-state index is 5.25. The van der Waals surface area contributed by atoms with Gasteiger partial charge in [0.15, 0.2) is 11.5 Å². The first-order valence-electron chi connectivity index (χ1n) is 5.59. The first kappa shape index (κ1) is 12.4. The van der Waals surface area contributed by atoms with Crippen molar-refractivity contribution < 1.29 is 9.47 Å². The van der Waals surface area contributed by atoms with Gasteiger partial charge in [-0.25, -0.2) is 4.98 Å². The van der Waals surface area contributed by atoms with E-state index in [9.17, 15) is 0 Å². The van der Waals surface area contributed by atoms with Crippen LogP contribution in [0.1, 0.15) is 11.4 Å². The topological polar surface area (TPSA) is 72.1 Å². The molecule has 0 atom stereocenters. The fourth-order valence-electron chi connectivity index (χ4n) is 1.63. The van der Waals surface area contributed by atoms with E-state index in [0.29, 0.717) is 6.54 Å². The van der Waals surface area contributed by atoms with Crippen LogP contribution >= 0.6 is 0 Å². The molecule has 0 saturated carbocycles. The largest absolute Gasteiger partial charge is 0.493 e. The average Bonchev–Trinajstić information content (AvgIpc) is 2.91. The van der Waals surface area contributed by atoms with Crippen LogP contribution in [0.4, 0.5) is 0 Å². The Balaban J connectivity index is 1.93. The van der Waals surface area contributed by atoms with Crippen LogP contribution in [-0.4, -0.2) is 29.4 Å². The number of aromatic nitrogens is 3. The third-order valence-electron chi connectivity index (χ3n) is 2.53. The Morgan fingerprint density at radius 1 is 1.17 bits per heavy atom. The van der Waals surface area contributed by atoms with Gasteiger partial charge >= 0.3 is 0 Å². The molecule has 2 aromatic rings. The van der Waals surface area contributed by atoms with E-state index < -0.39 is 0 Å². The summed E-state index contributed by atoms with van der Waals surface area (Å²) in [6.45, 7) is 1.37. The van der Waals surface area contributed by atoms with E-state index in [1.807, 2.05) is 18.2 Å². The molecule has 6 heteroatoms. The van der Waals surface area contributed by atoms with Crippen molar-refractivity contribution in [1.29, 1.82) is 0 Å². The maximum Gasteiger partial charge on any atom is 0.161 e. The first-order valence-corrected chi connectivity index (χ1v) is 5.59. The summed E-state index contributed by atoms with van der Waals surface area (Å²) >= 11 is 0. The number of methoxy groups -OCH3 is 2. The highest BCUT2D eigenvalue weighted by atomic mass is 16.5. The predicted octanol–water partition coefficient (Wildman–Crippen LogP) is 1.11. The highest BCUT2D eigenvalue weighted by Gasteiger charge is 2.04. The quantitative estimate of drug-likeness (QED) is 0.801. The van der Waals surface area contributed by atoms with Gasteiger partial charge in [0.25, 0.3) is 0 Å². The van der Waals surface area contributed by atoms with E-state index >= 15 is 0 Å². The maximum absolute atomic E-state index is 5.25. The molecule has 0 saturated heterocycles. The molecule has 1 aromatic carbocycles. The van der Waals surface area contributed by atoms with Crippen molar-refractivity contribution in [3.63, 3.8) is 0 Å². The summed E-state index contributed by atoms with van der Waals surface area (Å²) in [6, 6.07) is 5.84. The third kappa shape index (κ3) is 2.98. The molecule has 0 amide bonds. The lowest BCUT2D eigenvalue weighted by Crippen LogP contribution is -2.13. The Kier molecular flexibility index (Phi) is 4.14. The molecule has 0 radical (unpaired) electrons. The van der Waals surface area contributed by atoms with Crippen LogP contribution in [0, 0.1) is 0 Å². The van der Waals surface area contributed by atoms with E-state index in [0.717, 1.165) is 29.4 Å². The van der Waals surface area contributed by atoms with Crippen LogP contribution in [0.2, 0.25) is 0 Å². The van der Waals surface area contributed by atoms with Gasteiger partial charge in [-0.2, -0.15) is 5.10 Å². The van der Waals surface area contributed by atoms with Crippen molar-refractivity contribution in [2.75, 3.05) is 14.2 Å². The lowest BCUT2D eigenvalue weighted by molar-refractivity contribution is 0.354. The summed E-state index contributed by atoms with van der Waals surface area (Å²) in [4.78, 5) is 4.03. The highest BCUT2D eigenvalue weighted by Crippen LogP contribution is 2.27. The van der Waals surface area contributed by atoms with Crippen molar-refractivity contribution >= 4 is 0 Å². The summed E-state index contributed by atoms with van der Waals surface area (Å²) in [5, 5.41) is 9.84. The molecule has 0 aliphatic heterocycles. The van der Waals surface area contributed by atoms with E-state index in [-0.39, 0.29) is 0 Å². The average molecular weight is 248 g/mol. The van der Waals surface area contributed by atoms with Gasteiger partial charge in [0.1, 0.15) is 12.2 Å². The molecule has 0 aliphatic rings. The second-order valence-corrected chi connectivity index (χ2v) is 3.73. The summed E-state index contributed by atoms with van der Waals surface area (Å²) in [6.07, 6.45) is 1.49. The minimum absolute atomic E-state index is 0.647. The van der Waals surface area contributed by atoms with Gasteiger partial charge in [-0.05, 0) is 17.7 Å². The normalized spacial score (nSPS) is 10.3. The van der Waals surface area contributed by atoms with Crippen molar-refractivity contribution in [3.8, 4) is 11.5 Å². The molecular weight excluding hydrogens is 232 g/mol. The van der Waals surface area contributed by atoms with Crippen LogP contribution in [0.3, 0.4) is 0 Å². The molecule has 0 aliphatic carbocycles. The summed E-state index contributed by atoms with van der Waals surface area (Å²) in [7, 11) is 3.25. The molecule has 2 N–H and O–H groups in total. The number of ether oxygens (including phenoxy) is 2. The standard InChI is InChI=1S/C12H16N4O2/c1-17-10-4-3-9(5-11(10)18-2)6-13-7-12-14-8-15-16-12/h3-5,8,13H,6-7H2,1-2H3,(H,14,15,16). The lowest BCUT2D eigenvalue weighted by Gasteiger charge is -2.09. The molecule has 0 unspecified atom stereocenters. The van der Waals surface area contributed by atoms with Crippen LogP contribution in [0.5, 0.6) is 11.5 Å². The van der Waals surface area contributed by atoms with E-state index in [1.165, 1.54) is 6.33 Å². The molecule has 0 bridgehead atoms. The number of aromatic amines is 1. The van der Waals surface area contributed by atoms with Crippen molar-refractivity contribution in [1.82, 2.24) is 20.5 Å². The Hall–Kier alpha value is -2.08. The minimum Gasteiger partial charge on any atom is -0.493 e. The first-order chi connectivity index (χ1) is 8.83. The van der Waals surface area contributed by atoms with Crippen LogP contribution < -0.4 is 14.8 Å². The monoisotopic (exact) mass is 248 g/mol. The summed E-state index contributed by atoms with van der Waals surface area (Å²) in [5.74, 6) is 2.28. The Morgan fingerprint density at radius 3 is 2.67 bits per heavy atom. The third-order valence-corrected chi connectivity index (χ3v) is 2.53. The number of nitrogens with zero attached hydrogens (tertiary/aromatic N) is 2. The zero-order valence-electron chi connectivity index (χ0n) is 10.4. The molecule has 1 heterocycles. The number of H-pyrrole nitrogens is 1. The van der Waals surface area contributed by atoms with Gasteiger partial charge in [0, 0.05) is 6.54 Å². The Bertz CT molecular complexity index is 485. The van der Waals surface area contributed by atoms with E-state index in [4.69, 9.17) is 9.47 Å². The minimum atomic E-state index is 0.647. The van der Waals surface area contributed by atoms with Crippen molar-refractivity contribution in [2.24, 2.45) is 0 Å². The van der Waals surface area contributed by atoms with Gasteiger partial charge in [0.05, 0.1) is 20.8 Å². The van der Waals surface area contributed by atoms with Gasteiger partial charge in [-0.15, -0.1) is 0 Å². The Morgan fingerprint density at radius 2 is 2.00 bits per heavy atom. The predicted molar refractivity (Wildman–Crippen MR) is 66.5 cm³/mol. The zero-order valence-corrected chi connectivity index (χ0v) is 10.4. The highest BCUT2D eigenvalue weighted by molar-refractivity contribution is 5.42. The van der Waals surface area contributed by atoms with Gasteiger partial charge in [-0.3, -0.25) is 5.10 Å². The van der Waals surface area contributed by atoms with Crippen LogP contribution in [-0.2, 0) is 13.1 Å². The van der Waals surface area contributed by atoms with Gasteiger partial charge in [-0.1, -0.05) is 6.07 Å².